The Labute approximate surface area is 504 Å². The van der Waals surface area contributed by atoms with Crippen LogP contribution < -0.4 is 65.9 Å². The topological polar surface area (TPSA) is 407 Å². The first-order valence-corrected chi connectivity index (χ1v) is 29.5. The van der Waals surface area contributed by atoms with E-state index >= 15 is 0 Å². The molecule has 4 aromatic carbocycles. The second-order valence-electron chi connectivity index (χ2n) is 21.8. The minimum atomic E-state index is -1.32. The van der Waals surface area contributed by atoms with E-state index in [1.54, 1.807) is 72.8 Å². The van der Waals surface area contributed by atoms with E-state index < -0.39 is 53.7 Å². The van der Waals surface area contributed by atoms with Crippen molar-refractivity contribution in [2.24, 2.45) is 38.7 Å². The van der Waals surface area contributed by atoms with Crippen LogP contribution in [0, 0.1) is 0 Å². The lowest BCUT2D eigenvalue weighted by Crippen LogP contribution is -2.58. The molecule has 0 radical (unpaired) electrons. The van der Waals surface area contributed by atoms with Gasteiger partial charge in [0, 0.05) is 85.9 Å². The lowest BCUT2D eigenvalue weighted by molar-refractivity contribution is -0.133. The zero-order valence-corrected chi connectivity index (χ0v) is 48.7. The number of benzene rings is 4. The third kappa shape index (κ3) is 19.2. The first-order valence-electron chi connectivity index (χ1n) is 29.5. The smallest absolute Gasteiger partial charge is 0.254 e. The average Bonchev–Trinajstić information content (AvgIpc) is 2.51. The van der Waals surface area contributed by atoms with Crippen molar-refractivity contribution in [3.8, 4) is 0 Å². The summed E-state index contributed by atoms with van der Waals surface area (Å²) in [5, 5.41) is 22.1. The number of imidazole rings is 1. The Hall–Kier alpha value is -9.69. The van der Waals surface area contributed by atoms with Crippen LogP contribution in [0.4, 0.5) is 22.7 Å². The molecule has 6 aromatic rings. The highest BCUT2D eigenvalue weighted by Crippen LogP contribution is 2.36. The van der Waals surface area contributed by atoms with Gasteiger partial charge in [-0.1, -0.05) is 42.5 Å². The number of nitrogens with one attached hydrogen (secondary N) is 8. The highest BCUT2D eigenvalue weighted by atomic mass is 16.2. The largest absolute Gasteiger partial charge is 0.370 e. The van der Waals surface area contributed by atoms with E-state index in [4.69, 9.17) is 33.7 Å². The highest BCUT2D eigenvalue weighted by Gasteiger charge is 2.32. The number of carbonyl (C=O) groups excluding carboxylic acids is 7. The zero-order chi connectivity index (χ0) is 61.7. The number of pyridine rings is 1. The van der Waals surface area contributed by atoms with Crippen molar-refractivity contribution in [2.75, 3.05) is 68.3 Å². The molecule has 460 valence electrons. The molecule has 0 bridgehead atoms. The summed E-state index contributed by atoms with van der Waals surface area (Å²) < 4.78 is 0. The lowest BCUT2D eigenvalue weighted by Gasteiger charge is -2.26. The Balaban J connectivity index is 1.06. The second kappa shape index (κ2) is 31.4. The fourth-order valence-electron chi connectivity index (χ4n) is 10.6. The predicted octanol–water partition coefficient (Wildman–Crippen LogP) is 2.33. The van der Waals surface area contributed by atoms with Crippen LogP contribution in [0.3, 0.4) is 0 Å². The maximum Gasteiger partial charge on any atom is 0.254 e. The molecule has 4 heterocycles. The average molecular weight is 1190 g/mol. The standard InChI is InChI=1S/C61H79N19O7/c62-55(83)46(16-10-24-68-60(63)64)75-59(87)51(35-41-36-67-37-70-41)78-57(85)47(17-11-25-69-61(65)66)76-58(86)50(32-38-12-2-1-3-13-38)77-56(84)44-14-4-5-15-45(44)74-54-42-20-18-39(71-52(81)22-30-79-26-6-7-27-79)33-48(42)73-49-34-40(19-21-43(49)54)72-53(82)23-31-80-28-8-9-29-80/h1-5,12-15,18-21,33-34,36-37,46-47,50-51H,6-11,16-17,22-32,35H2,(H2,62,83)(H,67,70)(H,71,81)(H,72,82)(H,73,74)(H,75,87)(H,76,86)(H,77,84)(H,78,85)(H4,63,64,68)(H4,65,66,69)/t46-,47-,50-,51-/m0/s1. The molecule has 0 spiro atoms. The molecule has 2 saturated heterocycles. The molecular weight excluding hydrogens is 1110 g/mol. The number of fused-ring (bicyclic) bond motifs is 2. The molecule has 2 aliphatic heterocycles. The number of guanidine groups is 2. The molecular formula is C61H79N19O7. The van der Waals surface area contributed by atoms with Crippen molar-refractivity contribution in [3.63, 3.8) is 0 Å². The van der Waals surface area contributed by atoms with E-state index in [1.807, 2.05) is 18.2 Å². The summed E-state index contributed by atoms with van der Waals surface area (Å²) in [6.45, 7) is 5.49. The molecule has 26 nitrogen and oxygen atoms in total. The van der Waals surface area contributed by atoms with Crippen molar-refractivity contribution in [3.05, 3.63) is 120 Å². The summed E-state index contributed by atoms with van der Waals surface area (Å²) in [6, 6.07) is 21.6. The van der Waals surface area contributed by atoms with Gasteiger partial charge in [0.25, 0.3) is 5.91 Å². The molecule has 2 aliphatic rings. The molecule has 8 rings (SSSR count). The number of nitrogens with two attached hydrogens (primary N) is 5. The minimum Gasteiger partial charge on any atom is -0.370 e. The molecule has 0 unspecified atom stereocenters. The van der Waals surface area contributed by atoms with Crippen LogP contribution in [0.5, 0.6) is 0 Å². The number of carbonyl (C=O) groups is 7. The van der Waals surface area contributed by atoms with Crippen LogP contribution in [0.1, 0.15) is 85.8 Å². The van der Waals surface area contributed by atoms with Crippen LogP contribution in [-0.4, -0.2) is 155 Å². The minimum absolute atomic E-state index is 0.00716. The molecule has 18 N–H and O–H groups in total. The number of likely N-dealkylation sites (tertiary alicyclic amines) is 2. The number of hydrogen-bond donors (Lipinski definition) is 13. The molecule has 26 heteroatoms. The van der Waals surface area contributed by atoms with E-state index in [-0.39, 0.29) is 74.5 Å². The molecule has 0 aliphatic carbocycles. The summed E-state index contributed by atoms with van der Waals surface area (Å²) >= 11 is 0. The summed E-state index contributed by atoms with van der Waals surface area (Å²) in [4.78, 5) is 122. The quantitative estimate of drug-likeness (QED) is 0.0129. The van der Waals surface area contributed by atoms with Gasteiger partial charge in [-0.15, -0.1) is 0 Å². The van der Waals surface area contributed by atoms with Crippen molar-refractivity contribution in [1.82, 2.24) is 46.0 Å². The van der Waals surface area contributed by atoms with Crippen molar-refractivity contribution in [1.29, 1.82) is 0 Å². The fraction of sp³-hybridized carbons (Fsp3) is 0.393. The van der Waals surface area contributed by atoms with Crippen molar-refractivity contribution >= 4 is 97.8 Å². The van der Waals surface area contributed by atoms with Gasteiger partial charge in [-0.25, -0.2) is 9.97 Å². The summed E-state index contributed by atoms with van der Waals surface area (Å²) in [7, 11) is 0. The number of hydrogen-bond acceptors (Lipinski definition) is 14. The number of primary amides is 1. The number of nitrogens with zero attached hydrogens (tertiary/aromatic N) is 6. The van der Waals surface area contributed by atoms with Crippen molar-refractivity contribution in [2.45, 2.75) is 101 Å². The maximum absolute atomic E-state index is 14.9. The normalized spacial score (nSPS) is 14.7. The fourth-order valence-corrected chi connectivity index (χ4v) is 10.6. The number of anilines is 4. The Morgan fingerprint density at radius 3 is 1.62 bits per heavy atom. The molecule has 0 saturated carbocycles. The highest BCUT2D eigenvalue weighted by molar-refractivity contribution is 6.12. The van der Waals surface area contributed by atoms with Crippen LogP contribution in [0.25, 0.3) is 21.8 Å². The number of para-hydroxylation sites is 1. The Morgan fingerprint density at radius 1 is 0.575 bits per heavy atom. The van der Waals surface area contributed by atoms with Crippen LogP contribution in [-0.2, 0) is 41.6 Å². The number of rotatable bonds is 31. The molecule has 2 aromatic heterocycles. The number of aliphatic imine (C=N–C) groups is 2. The van der Waals surface area contributed by atoms with Crippen LogP contribution >= 0.6 is 0 Å². The SMILES string of the molecule is NC(=O)[C@H](CCCN=C(N)N)NC(=O)[C@H](Cc1cnc[nH]1)NC(=O)[C@H](CCCN=C(N)N)NC(=O)[C@H](Cc1ccccc1)NC(=O)c1ccccc1Nc1c2ccc(NC(=O)CCN3CCCC3)cc2nc2cc(NC(=O)CCN3CCCC3)ccc12. The monoisotopic (exact) mass is 1190 g/mol. The number of H-pyrrole nitrogens is 1. The second-order valence-corrected chi connectivity index (χ2v) is 21.8. The lowest BCUT2D eigenvalue weighted by atomic mass is 10.0. The molecule has 7 amide bonds. The van der Waals surface area contributed by atoms with Gasteiger partial charge in [0.1, 0.15) is 24.2 Å². The van der Waals surface area contributed by atoms with E-state index in [0.29, 0.717) is 88.2 Å². The van der Waals surface area contributed by atoms with Gasteiger partial charge in [-0.05, 0) is 132 Å². The number of amides is 7. The molecule has 4 atom stereocenters. The summed E-state index contributed by atoms with van der Waals surface area (Å²) in [5.74, 6) is -4.29. The van der Waals surface area contributed by atoms with Gasteiger partial charge in [0.2, 0.25) is 35.4 Å². The third-order valence-electron chi connectivity index (χ3n) is 15.2. The van der Waals surface area contributed by atoms with Crippen LogP contribution in [0.15, 0.2) is 114 Å². The predicted molar refractivity (Wildman–Crippen MR) is 335 cm³/mol. The first-order chi connectivity index (χ1) is 42.0. The van der Waals surface area contributed by atoms with E-state index in [0.717, 1.165) is 51.9 Å². The molecule has 2 fully saturated rings. The summed E-state index contributed by atoms with van der Waals surface area (Å²) in [6.07, 6.45) is 8.47. The van der Waals surface area contributed by atoms with E-state index in [1.165, 1.54) is 12.5 Å². The van der Waals surface area contributed by atoms with Gasteiger partial charge < -0.3 is 80.7 Å². The Bertz CT molecular complexity index is 3320. The van der Waals surface area contributed by atoms with Gasteiger partial charge in [0.05, 0.1) is 34.3 Å². The van der Waals surface area contributed by atoms with Crippen LogP contribution in [0.2, 0.25) is 0 Å². The Morgan fingerprint density at radius 2 is 1.08 bits per heavy atom. The third-order valence-corrected chi connectivity index (χ3v) is 15.2. The van der Waals surface area contributed by atoms with Gasteiger partial charge in [-0.3, -0.25) is 43.5 Å². The maximum atomic E-state index is 14.9. The number of aromatic amines is 1. The van der Waals surface area contributed by atoms with Gasteiger partial charge >= 0.3 is 0 Å². The van der Waals surface area contributed by atoms with Gasteiger partial charge in [0.15, 0.2) is 11.9 Å². The van der Waals surface area contributed by atoms with E-state index in [9.17, 15) is 33.6 Å². The molecule has 87 heavy (non-hydrogen) atoms. The Kier molecular flexibility index (Phi) is 22.9. The number of aromatic nitrogens is 3. The summed E-state index contributed by atoms with van der Waals surface area (Å²) in [5.41, 5.74) is 32.3. The van der Waals surface area contributed by atoms with E-state index in [2.05, 4.69) is 67.0 Å². The zero-order valence-electron chi connectivity index (χ0n) is 48.7. The van der Waals surface area contributed by atoms with Gasteiger partial charge in [-0.2, -0.15) is 0 Å². The first kappa shape index (κ1) is 63.3. The van der Waals surface area contributed by atoms with Crippen molar-refractivity contribution < 1.29 is 33.6 Å².